The summed E-state index contributed by atoms with van der Waals surface area (Å²) in [5.74, 6) is 0. The predicted molar refractivity (Wildman–Crippen MR) is 77.6 cm³/mol. The van der Waals surface area contributed by atoms with E-state index >= 15 is 0 Å². The van der Waals surface area contributed by atoms with Crippen molar-refractivity contribution in [2.24, 2.45) is 0 Å². The van der Waals surface area contributed by atoms with E-state index in [4.69, 9.17) is 4.74 Å². The molecule has 4 nitrogen and oxygen atoms in total. The second-order valence-corrected chi connectivity index (χ2v) is 5.52. The highest BCUT2D eigenvalue weighted by molar-refractivity contribution is 5.41. The van der Waals surface area contributed by atoms with E-state index in [2.05, 4.69) is 26.1 Å². The SMILES string of the molecule is CCCn1cc(NC2CC(C)OC(C)C2)ccc1=O. The van der Waals surface area contributed by atoms with E-state index in [0.717, 1.165) is 31.5 Å². The van der Waals surface area contributed by atoms with Gasteiger partial charge in [-0.05, 0) is 39.2 Å². The van der Waals surface area contributed by atoms with Gasteiger partial charge in [0.1, 0.15) is 0 Å². The van der Waals surface area contributed by atoms with E-state index in [0.29, 0.717) is 18.2 Å². The number of ether oxygens (including phenoxy) is 1. The van der Waals surface area contributed by atoms with Crippen molar-refractivity contribution in [3.63, 3.8) is 0 Å². The molecule has 4 heteroatoms. The summed E-state index contributed by atoms with van der Waals surface area (Å²) < 4.78 is 7.51. The van der Waals surface area contributed by atoms with Gasteiger partial charge in [0, 0.05) is 24.8 Å². The Balaban J connectivity index is 2.06. The highest BCUT2D eigenvalue weighted by Gasteiger charge is 2.24. The molecule has 2 heterocycles. The summed E-state index contributed by atoms with van der Waals surface area (Å²) in [7, 11) is 0. The van der Waals surface area contributed by atoms with E-state index in [1.807, 2.05) is 12.3 Å². The van der Waals surface area contributed by atoms with Gasteiger partial charge in [0.2, 0.25) is 0 Å². The largest absolute Gasteiger partial charge is 0.381 e. The van der Waals surface area contributed by atoms with Crippen molar-refractivity contribution in [3.8, 4) is 0 Å². The molecular weight excluding hydrogens is 240 g/mol. The van der Waals surface area contributed by atoms with Gasteiger partial charge in [-0.15, -0.1) is 0 Å². The third kappa shape index (κ3) is 3.83. The lowest BCUT2D eigenvalue weighted by Gasteiger charge is -2.33. The van der Waals surface area contributed by atoms with Gasteiger partial charge < -0.3 is 14.6 Å². The van der Waals surface area contributed by atoms with Crippen molar-refractivity contribution in [3.05, 3.63) is 28.7 Å². The van der Waals surface area contributed by atoms with Crippen LogP contribution in [0.3, 0.4) is 0 Å². The Labute approximate surface area is 114 Å². The third-order valence-corrected chi connectivity index (χ3v) is 3.52. The van der Waals surface area contributed by atoms with Crippen molar-refractivity contribution < 1.29 is 4.74 Å². The molecule has 19 heavy (non-hydrogen) atoms. The second kappa shape index (κ2) is 6.24. The van der Waals surface area contributed by atoms with Crippen LogP contribution >= 0.6 is 0 Å². The van der Waals surface area contributed by atoms with Crippen LogP contribution in [-0.2, 0) is 11.3 Å². The standard InChI is InChI=1S/C15H24N2O2/c1-4-7-17-10-13(5-6-15(17)18)16-14-8-11(2)19-12(3)9-14/h5-6,10-12,14,16H,4,7-9H2,1-3H3. The first-order valence-corrected chi connectivity index (χ1v) is 7.21. The fourth-order valence-corrected chi connectivity index (χ4v) is 2.79. The van der Waals surface area contributed by atoms with Gasteiger partial charge >= 0.3 is 0 Å². The van der Waals surface area contributed by atoms with Gasteiger partial charge in [0.25, 0.3) is 5.56 Å². The maximum Gasteiger partial charge on any atom is 0.250 e. The molecule has 0 spiro atoms. The van der Waals surface area contributed by atoms with Crippen molar-refractivity contribution in [2.75, 3.05) is 5.32 Å². The highest BCUT2D eigenvalue weighted by atomic mass is 16.5. The molecule has 106 valence electrons. The zero-order valence-electron chi connectivity index (χ0n) is 12.1. The van der Waals surface area contributed by atoms with Gasteiger partial charge in [0.05, 0.1) is 17.9 Å². The van der Waals surface area contributed by atoms with E-state index in [1.165, 1.54) is 0 Å². The molecule has 0 radical (unpaired) electrons. The summed E-state index contributed by atoms with van der Waals surface area (Å²) in [4.78, 5) is 11.7. The molecule has 0 aliphatic carbocycles. The number of nitrogens with one attached hydrogen (secondary N) is 1. The van der Waals surface area contributed by atoms with Gasteiger partial charge in [-0.1, -0.05) is 6.92 Å². The van der Waals surface area contributed by atoms with Gasteiger partial charge in [-0.2, -0.15) is 0 Å². The molecule has 1 fully saturated rings. The lowest BCUT2D eigenvalue weighted by Crippen LogP contribution is -2.37. The molecule has 1 saturated heterocycles. The Hall–Kier alpha value is -1.29. The minimum Gasteiger partial charge on any atom is -0.381 e. The van der Waals surface area contributed by atoms with E-state index in [9.17, 15) is 4.79 Å². The summed E-state index contributed by atoms with van der Waals surface area (Å²) in [5.41, 5.74) is 1.10. The van der Waals surface area contributed by atoms with Crippen LogP contribution in [0.25, 0.3) is 0 Å². The minimum absolute atomic E-state index is 0.0705. The first-order chi connectivity index (χ1) is 9.08. The molecule has 2 atom stereocenters. The molecule has 0 saturated carbocycles. The molecule has 0 aromatic carbocycles. The van der Waals surface area contributed by atoms with E-state index in [-0.39, 0.29) is 5.56 Å². The zero-order chi connectivity index (χ0) is 13.8. The molecule has 1 aliphatic heterocycles. The van der Waals surface area contributed by atoms with Gasteiger partial charge in [0.15, 0.2) is 0 Å². The fraction of sp³-hybridized carbons (Fsp3) is 0.667. The zero-order valence-corrected chi connectivity index (χ0v) is 12.1. The van der Waals surface area contributed by atoms with Crippen LogP contribution < -0.4 is 10.9 Å². The normalized spacial score (nSPS) is 27.2. The monoisotopic (exact) mass is 264 g/mol. The first kappa shape index (κ1) is 14.1. The van der Waals surface area contributed by atoms with Crippen LogP contribution in [0.1, 0.15) is 40.0 Å². The number of hydrogen-bond acceptors (Lipinski definition) is 3. The molecule has 1 aromatic heterocycles. The van der Waals surface area contributed by atoms with E-state index < -0.39 is 0 Å². The summed E-state index contributed by atoms with van der Waals surface area (Å²) in [6, 6.07) is 3.94. The fourth-order valence-electron chi connectivity index (χ4n) is 2.79. The minimum atomic E-state index is 0.0705. The quantitative estimate of drug-likeness (QED) is 0.909. The van der Waals surface area contributed by atoms with Crippen LogP contribution in [-0.4, -0.2) is 22.8 Å². The Morgan fingerprint density at radius 3 is 2.63 bits per heavy atom. The number of aryl methyl sites for hydroxylation is 1. The van der Waals surface area contributed by atoms with Crippen molar-refractivity contribution in [2.45, 2.75) is 64.8 Å². The number of hydrogen-bond donors (Lipinski definition) is 1. The first-order valence-electron chi connectivity index (χ1n) is 7.21. The Morgan fingerprint density at radius 2 is 2.00 bits per heavy atom. The summed E-state index contributed by atoms with van der Waals surface area (Å²) in [6.07, 6.45) is 5.50. The van der Waals surface area contributed by atoms with Crippen LogP contribution in [0, 0.1) is 0 Å². The molecule has 1 N–H and O–H groups in total. The van der Waals surface area contributed by atoms with Crippen molar-refractivity contribution in [1.29, 1.82) is 0 Å². The lowest BCUT2D eigenvalue weighted by molar-refractivity contribution is -0.0337. The van der Waals surface area contributed by atoms with Gasteiger partial charge in [-0.3, -0.25) is 4.79 Å². The van der Waals surface area contributed by atoms with E-state index in [1.54, 1.807) is 10.6 Å². The lowest BCUT2D eigenvalue weighted by atomic mass is 10.00. The molecule has 2 rings (SSSR count). The number of anilines is 1. The van der Waals surface area contributed by atoms with Crippen LogP contribution in [0.4, 0.5) is 5.69 Å². The number of aromatic nitrogens is 1. The molecular formula is C15H24N2O2. The van der Waals surface area contributed by atoms with Crippen molar-refractivity contribution >= 4 is 5.69 Å². The van der Waals surface area contributed by atoms with Crippen LogP contribution in [0.15, 0.2) is 23.1 Å². The average Bonchev–Trinajstić information content (AvgIpc) is 2.32. The number of pyridine rings is 1. The third-order valence-electron chi connectivity index (χ3n) is 3.52. The Bertz CT molecular complexity index is 459. The molecule has 1 aromatic rings. The number of rotatable bonds is 4. The maximum atomic E-state index is 11.7. The molecule has 0 bridgehead atoms. The molecule has 1 aliphatic rings. The molecule has 0 amide bonds. The van der Waals surface area contributed by atoms with Crippen LogP contribution in [0.5, 0.6) is 0 Å². The summed E-state index contributed by atoms with van der Waals surface area (Å²) in [5, 5.41) is 3.53. The highest BCUT2D eigenvalue weighted by Crippen LogP contribution is 2.22. The summed E-state index contributed by atoms with van der Waals surface area (Å²) in [6.45, 7) is 7.08. The Morgan fingerprint density at radius 1 is 1.32 bits per heavy atom. The maximum absolute atomic E-state index is 11.7. The number of nitrogens with zero attached hydrogens (tertiary/aromatic N) is 1. The molecule has 2 unspecified atom stereocenters. The van der Waals surface area contributed by atoms with Crippen LogP contribution in [0.2, 0.25) is 0 Å². The van der Waals surface area contributed by atoms with Gasteiger partial charge in [-0.25, -0.2) is 0 Å². The average molecular weight is 264 g/mol. The van der Waals surface area contributed by atoms with Crippen molar-refractivity contribution in [1.82, 2.24) is 4.57 Å². The predicted octanol–water partition coefficient (Wildman–Crippen LogP) is 2.63. The second-order valence-electron chi connectivity index (χ2n) is 5.52. The summed E-state index contributed by atoms with van der Waals surface area (Å²) >= 11 is 0. The topological polar surface area (TPSA) is 43.3 Å². The Kier molecular flexibility index (Phi) is 4.64. The smallest absolute Gasteiger partial charge is 0.250 e.